The highest BCUT2D eigenvalue weighted by atomic mass is 15.3. The molecule has 1 aliphatic heterocycles. The van der Waals surface area contributed by atoms with Crippen molar-refractivity contribution in [3.8, 4) is 0 Å². The van der Waals surface area contributed by atoms with Gasteiger partial charge in [-0.3, -0.25) is 0 Å². The molecular weight excluding hydrogens is 340 g/mol. The van der Waals surface area contributed by atoms with Crippen LogP contribution in [0.2, 0.25) is 0 Å². The smallest absolute Gasteiger partial charge is 0.156 e. The van der Waals surface area contributed by atoms with Crippen molar-refractivity contribution in [3.05, 3.63) is 49.3 Å². The van der Waals surface area contributed by atoms with Crippen molar-refractivity contribution in [1.29, 1.82) is 0 Å². The normalized spacial score (nSPS) is 20.4. The minimum atomic E-state index is 0.331. The molecule has 1 saturated heterocycles. The Hall–Kier alpha value is -3.16. The first kappa shape index (κ1) is 16.0. The molecule has 1 aliphatic rings. The van der Waals surface area contributed by atoms with Gasteiger partial charge in [0.05, 0.1) is 6.04 Å². The molecule has 0 aliphatic carbocycles. The van der Waals surface area contributed by atoms with Gasteiger partial charge in [0.2, 0.25) is 0 Å². The van der Waals surface area contributed by atoms with Crippen LogP contribution < -0.4 is 9.80 Å². The summed E-state index contributed by atoms with van der Waals surface area (Å²) < 4.78 is 3.76. The SMILES string of the molecule is C[C@@H]1CCN(c2ncnn3cccc23)CC1N(C)c1ncnn2cccc12. The molecule has 0 bridgehead atoms. The van der Waals surface area contributed by atoms with Gasteiger partial charge in [-0.25, -0.2) is 19.0 Å². The van der Waals surface area contributed by atoms with E-state index in [1.54, 1.807) is 12.7 Å². The Morgan fingerprint density at radius 3 is 2.52 bits per heavy atom. The Balaban J connectivity index is 1.49. The summed E-state index contributed by atoms with van der Waals surface area (Å²) in [5.74, 6) is 2.51. The lowest BCUT2D eigenvalue weighted by atomic mass is 9.92. The van der Waals surface area contributed by atoms with Crippen LogP contribution in [0.15, 0.2) is 49.3 Å². The number of rotatable bonds is 3. The van der Waals surface area contributed by atoms with Crippen molar-refractivity contribution >= 4 is 22.7 Å². The molecular formula is C19H22N8. The molecule has 138 valence electrons. The molecule has 0 radical (unpaired) electrons. The second-order valence-electron chi connectivity index (χ2n) is 7.23. The van der Waals surface area contributed by atoms with Crippen molar-refractivity contribution in [1.82, 2.24) is 29.2 Å². The lowest BCUT2D eigenvalue weighted by Gasteiger charge is -2.42. The zero-order valence-corrected chi connectivity index (χ0v) is 15.5. The van der Waals surface area contributed by atoms with E-state index in [4.69, 9.17) is 0 Å². The number of likely N-dealkylation sites (N-methyl/N-ethyl adjacent to an activating group) is 1. The van der Waals surface area contributed by atoms with E-state index < -0.39 is 0 Å². The maximum Gasteiger partial charge on any atom is 0.156 e. The summed E-state index contributed by atoms with van der Waals surface area (Å²) in [4.78, 5) is 13.8. The number of fused-ring (bicyclic) bond motifs is 2. The summed E-state index contributed by atoms with van der Waals surface area (Å²) >= 11 is 0. The molecule has 2 atom stereocenters. The first-order valence-electron chi connectivity index (χ1n) is 9.27. The Morgan fingerprint density at radius 1 is 1.00 bits per heavy atom. The number of hydrogen-bond donors (Lipinski definition) is 0. The molecule has 8 nitrogen and oxygen atoms in total. The van der Waals surface area contributed by atoms with E-state index in [1.807, 2.05) is 33.6 Å². The van der Waals surface area contributed by atoms with E-state index in [9.17, 15) is 0 Å². The van der Waals surface area contributed by atoms with Crippen LogP contribution in [0.1, 0.15) is 13.3 Å². The van der Waals surface area contributed by atoms with Crippen LogP contribution in [0.25, 0.3) is 11.0 Å². The van der Waals surface area contributed by atoms with Gasteiger partial charge in [0.15, 0.2) is 11.6 Å². The van der Waals surface area contributed by atoms with Crippen molar-refractivity contribution in [2.75, 3.05) is 29.9 Å². The molecule has 0 N–H and O–H groups in total. The molecule has 5 rings (SSSR count). The number of nitrogens with zero attached hydrogens (tertiary/aromatic N) is 8. The quantitative estimate of drug-likeness (QED) is 0.556. The van der Waals surface area contributed by atoms with E-state index in [0.717, 1.165) is 42.2 Å². The molecule has 1 fully saturated rings. The van der Waals surface area contributed by atoms with Gasteiger partial charge in [0.1, 0.15) is 23.7 Å². The molecule has 4 aromatic rings. The highest BCUT2D eigenvalue weighted by Crippen LogP contribution is 2.30. The van der Waals surface area contributed by atoms with Crippen LogP contribution >= 0.6 is 0 Å². The van der Waals surface area contributed by atoms with E-state index in [-0.39, 0.29) is 0 Å². The Labute approximate surface area is 157 Å². The fraction of sp³-hybridized carbons (Fsp3) is 0.368. The predicted octanol–water partition coefficient (Wildman–Crippen LogP) is 2.12. The van der Waals surface area contributed by atoms with Gasteiger partial charge in [-0.05, 0) is 36.6 Å². The van der Waals surface area contributed by atoms with Gasteiger partial charge in [0.25, 0.3) is 0 Å². The van der Waals surface area contributed by atoms with Crippen LogP contribution in [0.5, 0.6) is 0 Å². The topological polar surface area (TPSA) is 66.9 Å². The highest BCUT2D eigenvalue weighted by Gasteiger charge is 2.32. The average molecular weight is 362 g/mol. The summed E-state index contributed by atoms with van der Waals surface area (Å²) in [7, 11) is 2.13. The van der Waals surface area contributed by atoms with E-state index >= 15 is 0 Å². The largest absolute Gasteiger partial charge is 0.353 e. The Kier molecular flexibility index (Phi) is 3.70. The van der Waals surface area contributed by atoms with Gasteiger partial charge < -0.3 is 9.80 Å². The van der Waals surface area contributed by atoms with Crippen molar-refractivity contribution in [3.63, 3.8) is 0 Å². The van der Waals surface area contributed by atoms with E-state index in [0.29, 0.717) is 12.0 Å². The minimum absolute atomic E-state index is 0.331. The Bertz CT molecular complexity index is 1080. The fourth-order valence-electron chi connectivity index (χ4n) is 4.12. The third kappa shape index (κ3) is 2.59. The summed E-state index contributed by atoms with van der Waals surface area (Å²) in [5, 5.41) is 8.58. The number of hydrogen-bond acceptors (Lipinski definition) is 6. The average Bonchev–Trinajstić information content (AvgIpc) is 3.36. The van der Waals surface area contributed by atoms with Crippen molar-refractivity contribution < 1.29 is 0 Å². The van der Waals surface area contributed by atoms with Crippen LogP contribution in [-0.4, -0.2) is 55.4 Å². The summed E-state index contributed by atoms with van der Waals surface area (Å²) in [6.45, 7) is 4.21. The zero-order valence-electron chi connectivity index (χ0n) is 15.5. The lowest BCUT2D eigenvalue weighted by molar-refractivity contribution is 0.365. The molecule has 8 heteroatoms. The van der Waals surface area contributed by atoms with Gasteiger partial charge in [-0.15, -0.1) is 0 Å². The van der Waals surface area contributed by atoms with Crippen molar-refractivity contribution in [2.24, 2.45) is 5.92 Å². The van der Waals surface area contributed by atoms with Crippen LogP contribution in [0, 0.1) is 5.92 Å². The lowest BCUT2D eigenvalue weighted by Crippen LogP contribution is -2.51. The van der Waals surface area contributed by atoms with Gasteiger partial charge in [0, 0.05) is 32.5 Å². The van der Waals surface area contributed by atoms with E-state index in [1.165, 1.54) is 0 Å². The summed E-state index contributed by atoms with van der Waals surface area (Å²) in [5.41, 5.74) is 2.07. The first-order valence-corrected chi connectivity index (χ1v) is 9.27. The second kappa shape index (κ2) is 6.22. The third-order valence-electron chi connectivity index (χ3n) is 5.68. The van der Waals surface area contributed by atoms with Crippen LogP contribution in [0.3, 0.4) is 0 Å². The predicted molar refractivity (Wildman–Crippen MR) is 104 cm³/mol. The summed E-state index contributed by atoms with van der Waals surface area (Å²) in [6.07, 6.45) is 8.27. The van der Waals surface area contributed by atoms with Crippen molar-refractivity contribution in [2.45, 2.75) is 19.4 Å². The van der Waals surface area contributed by atoms with Gasteiger partial charge in [-0.2, -0.15) is 10.2 Å². The monoisotopic (exact) mass is 362 g/mol. The number of piperidine rings is 1. The summed E-state index contributed by atoms with van der Waals surface area (Å²) in [6, 6.07) is 8.47. The molecule has 5 heterocycles. The molecule has 0 amide bonds. The molecule has 0 saturated carbocycles. The van der Waals surface area contributed by atoms with Crippen LogP contribution in [0.4, 0.5) is 11.6 Å². The van der Waals surface area contributed by atoms with Gasteiger partial charge >= 0.3 is 0 Å². The van der Waals surface area contributed by atoms with Crippen LogP contribution in [-0.2, 0) is 0 Å². The van der Waals surface area contributed by atoms with E-state index in [2.05, 4.69) is 56.1 Å². The molecule has 27 heavy (non-hydrogen) atoms. The first-order chi connectivity index (χ1) is 13.2. The molecule has 1 unspecified atom stereocenters. The fourth-order valence-corrected chi connectivity index (χ4v) is 4.12. The highest BCUT2D eigenvalue weighted by molar-refractivity contribution is 5.70. The molecule has 0 aromatic carbocycles. The van der Waals surface area contributed by atoms with Gasteiger partial charge in [-0.1, -0.05) is 6.92 Å². The standard InChI is InChI=1S/C19H22N8/c1-14-7-10-25(19-16-6-4-9-27(16)23-13-21-19)11-17(14)24(2)18-15-5-3-8-26(15)22-12-20-18/h3-6,8-9,12-14,17H,7,10-11H2,1-2H3/t14-,17?/m1/s1. The second-order valence-corrected chi connectivity index (χ2v) is 7.23. The third-order valence-corrected chi connectivity index (χ3v) is 5.68. The zero-order chi connectivity index (χ0) is 18.4. The minimum Gasteiger partial charge on any atom is -0.353 e. The number of aromatic nitrogens is 6. The molecule has 0 spiro atoms. The maximum atomic E-state index is 4.58. The Morgan fingerprint density at radius 2 is 1.70 bits per heavy atom. The maximum absolute atomic E-state index is 4.58. The number of anilines is 2. The molecule has 4 aromatic heterocycles.